The number of carbonyl (C=O) groups is 1. The lowest BCUT2D eigenvalue weighted by Crippen LogP contribution is -2.34. The zero-order valence-electron chi connectivity index (χ0n) is 15.1. The van der Waals surface area contributed by atoms with E-state index in [-0.39, 0.29) is 5.11 Å². The smallest absolute Gasteiger partial charge is 0.258 e. The Labute approximate surface area is 192 Å². The monoisotopic (exact) mass is 475 g/mol. The molecule has 0 radical (unpaired) electrons. The van der Waals surface area contributed by atoms with Crippen LogP contribution in [0, 0.1) is 0 Å². The molecule has 3 aromatic carbocycles. The number of hydrogen-bond donors (Lipinski definition) is 2. The lowest BCUT2D eigenvalue weighted by Gasteiger charge is -2.10. The molecule has 4 rings (SSSR count). The molecule has 30 heavy (non-hydrogen) atoms. The van der Waals surface area contributed by atoms with E-state index in [0.717, 1.165) is 0 Å². The second-order valence-corrected chi connectivity index (χ2v) is 7.85. The SMILES string of the molecule is O=C(NC(=S)Nc1ccc2oc(-c3ccc(Cl)c(Cl)c3)nc2c1)c1ccccc1Cl. The summed E-state index contributed by atoms with van der Waals surface area (Å²) in [5.74, 6) is 0.0119. The van der Waals surface area contributed by atoms with E-state index in [1.165, 1.54) is 0 Å². The molecule has 150 valence electrons. The van der Waals surface area contributed by atoms with Crippen LogP contribution in [0.1, 0.15) is 10.4 Å². The van der Waals surface area contributed by atoms with Crippen LogP contribution in [0.5, 0.6) is 0 Å². The maximum Gasteiger partial charge on any atom is 0.258 e. The van der Waals surface area contributed by atoms with Gasteiger partial charge >= 0.3 is 0 Å². The highest BCUT2D eigenvalue weighted by molar-refractivity contribution is 7.80. The third-order valence-electron chi connectivity index (χ3n) is 4.16. The van der Waals surface area contributed by atoms with Gasteiger partial charge in [-0.1, -0.05) is 46.9 Å². The Balaban J connectivity index is 1.51. The van der Waals surface area contributed by atoms with Gasteiger partial charge < -0.3 is 9.73 Å². The topological polar surface area (TPSA) is 67.2 Å². The summed E-state index contributed by atoms with van der Waals surface area (Å²) in [6, 6.07) is 17.1. The van der Waals surface area contributed by atoms with Gasteiger partial charge in [0, 0.05) is 11.3 Å². The van der Waals surface area contributed by atoms with Gasteiger partial charge in [-0.15, -0.1) is 0 Å². The first-order chi connectivity index (χ1) is 14.4. The maximum absolute atomic E-state index is 12.3. The molecule has 1 heterocycles. The minimum atomic E-state index is -0.400. The van der Waals surface area contributed by atoms with Crippen LogP contribution in [0.4, 0.5) is 5.69 Å². The number of fused-ring (bicyclic) bond motifs is 1. The fourth-order valence-electron chi connectivity index (χ4n) is 2.74. The first kappa shape index (κ1) is 20.6. The molecule has 0 spiro atoms. The molecule has 9 heteroatoms. The van der Waals surface area contributed by atoms with Gasteiger partial charge in [0.15, 0.2) is 10.7 Å². The van der Waals surface area contributed by atoms with Gasteiger partial charge in [-0.05, 0) is 60.7 Å². The van der Waals surface area contributed by atoms with Crippen LogP contribution in [-0.2, 0) is 0 Å². The van der Waals surface area contributed by atoms with Crippen molar-refractivity contribution in [2.45, 2.75) is 0 Å². The number of benzene rings is 3. The quantitative estimate of drug-likeness (QED) is 0.327. The van der Waals surface area contributed by atoms with E-state index in [1.54, 1.807) is 60.7 Å². The third kappa shape index (κ3) is 4.42. The maximum atomic E-state index is 12.3. The van der Waals surface area contributed by atoms with Crippen molar-refractivity contribution in [1.29, 1.82) is 0 Å². The average molecular weight is 477 g/mol. The van der Waals surface area contributed by atoms with Crippen LogP contribution in [0.2, 0.25) is 15.1 Å². The molecular formula is C21H12Cl3N3O2S. The lowest BCUT2D eigenvalue weighted by molar-refractivity contribution is 0.0978. The van der Waals surface area contributed by atoms with Crippen molar-refractivity contribution in [1.82, 2.24) is 10.3 Å². The second-order valence-electron chi connectivity index (χ2n) is 6.22. The Bertz CT molecular complexity index is 1290. The molecule has 5 nitrogen and oxygen atoms in total. The Morgan fingerprint density at radius 3 is 2.50 bits per heavy atom. The van der Waals surface area contributed by atoms with Gasteiger partial charge in [0.05, 0.1) is 20.6 Å². The van der Waals surface area contributed by atoms with Crippen LogP contribution in [0.25, 0.3) is 22.6 Å². The molecule has 0 saturated carbocycles. The Kier molecular flexibility index (Phi) is 5.92. The molecule has 0 aliphatic carbocycles. The molecule has 2 N–H and O–H groups in total. The predicted molar refractivity (Wildman–Crippen MR) is 125 cm³/mol. The van der Waals surface area contributed by atoms with Crippen LogP contribution < -0.4 is 10.6 Å². The summed E-state index contributed by atoms with van der Waals surface area (Å²) in [5.41, 5.74) is 2.88. The predicted octanol–water partition coefficient (Wildman–Crippen LogP) is 6.58. The highest BCUT2D eigenvalue weighted by Gasteiger charge is 2.13. The largest absolute Gasteiger partial charge is 0.436 e. The summed E-state index contributed by atoms with van der Waals surface area (Å²) < 4.78 is 5.79. The van der Waals surface area contributed by atoms with Gasteiger partial charge in [-0.25, -0.2) is 4.98 Å². The molecule has 0 saturated heterocycles. The lowest BCUT2D eigenvalue weighted by atomic mass is 10.2. The van der Waals surface area contributed by atoms with E-state index in [9.17, 15) is 4.79 Å². The highest BCUT2D eigenvalue weighted by atomic mass is 35.5. The van der Waals surface area contributed by atoms with E-state index in [0.29, 0.717) is 48.9 Å². The molecule has 1 amide bonds. The van der Waals surface area contributed by atoms with Crippen molar-refractivity contribution < 1.29 is 9.21 Å². The van der Waals surface area contributed by atoms with Gasteiger partial charge in [0.25, 0.3) is 5.91 Å². The molecular weight excluding hydrogens is 465 g/mol. The van der Waals surface area contributed by atoms with E-state index in [2.05, 4.69) is 15.6 Å². The number of halogens is 3. The van der Waals surface area contributed by atoms with Crippen molar-refractivity contribution in [2.24, 2.45) is 0 Å². The Morgan fingerprint density at radius 1 is 0.933 bits per heavy atom. The summed E-state index contributed by atoms with van der Waals surface area (Å²) in [4.78, 5) is 16.8. The van der Waals surface area contributed by atoms with Crippen LogP contribution in [-0.4, -0.2) is 16.0 Å². The fraction of sp³-hybridized carbons (Fsp3) is 0. The van der Waals surface area contributed by atoms with Crippen LogP contribution in [0.3, 0.4) is 0 Å². The van der Waals surface area contributed by atoms with Crippen molar-refractivity contribution in [3.8, 4) is 11.5 Å². The Morgan fingerprint density at radius 2 is 1.73 bits per heavy atom. The summed E-state index contributed by atoms with van der Waals surface area (Å²) >= 11 is 23.3. The first-order valence-corrected chi connectivity index (χ1v) is 10.2. The van der Waals surface area contributed by atoms with Crippen molar-refractivity contribution >= 4 is 74.8 Å². The molecule has 0 fully saturated rings. The van der Waals surface area contributed by atoms with E-state index < -0.39 is 5.91 Å². The number of anilines is 1. The number of hydrogen-bond acceptors (Lipinski definition) is 4. The van der Waals surface area contributed by atoms with Crippen molar-refractivity contribution in [3.05, 3.63) is 81.3 Å². The number of nitrogens with zero attached hydrogens (tertiary/aromatic N) is 1. The van der Waals surface area contributed by atoms with Gasteiger partial charge in [0.1, 0.15) is 5.52 Å². The number of carbonyl (C=O) groups excluding carboxylic acids is 1. The van der Waals surface area contributed by atoms with E-state index in [1.807, 2.05) is 0 Å². The standard InChI is InChI=1S/C21H12Cl3N3O2S/c22-14-4-2-1-3-13(14)19(28)27-21(30)25-12-6-8-18-17(10-12)26-20(29-18)11-5-7-15(23)16(24)9-11/h1-10H,(H2,25,27,28,30). The minimum Gasteiger partial charge on any atom is -0.436 e. The molecule has 0 aliphatic heterocycles. The van der Waals surface area contributed by atoms with Crippen LogP contribution >= 0.6 is 47.0 Å². The summed E-state index contributed by atoms with van der Waals surface area (Å²) in [6.45, 7) is 0. The van der Waals surface area contributed by atoms with Gasteiger partial charge in [-0.2, -0.15) is 0 Å². The summed E-state index contributed by atoms with van der Waals surface area (Å²) in [5, 5.41) is 6.90. The summed E-state index contributed by atoms with van der Waals surface area (Å²) in [6.07, 6.45) is 0. The van der Waals surface area contributed by atoms with Gasteiger partial charge in [-0.3, -0.25) is 10.1 Å². The molecule has 0 atom stereocenters. The fourth-order valence-corrected chi connectivity index (χ4v) is 3.47. The number of aromatic nitrogens is 1. The van der Waals surface area contributed by atoms with Crippen molar-refractivity contribution in [3.63, 3.8) is 0 Å². The number of rotatable bonds is 3. The first-order valence-electron chi connectivity index (χ1n) is 8.63. The zero-order valence-corrected chi connectivity index (χ0v) is 18.2. The number of amides is 1. The van der Waals surface area contributed by atoms with Gasteiger partial charge in [0.2, 0.25) is 5.89 Å². The average Bonchev–Trinajstić information content (AvgIpc) is 3.13. The molecule has 0 unspecified atom stereocenters. The summed E-state index contributed by atoms with van der Waals surface area (Å²) in [7, 11) is 0. The number of oxazole rings is 1. The highest BCUT2D eigenvalue weighted by Crippen LogP contribution is 2.30. The Hall–Kier alpha value is -2.64. The second kappa shape index (κ2) is 8.62. The zero-order chi connectivity index (χ0) is 21.3. The molecule has 0 aliphatic rings. The number of thiocarbonyl (C=S) groups is 1. The molecule has 0 bridgehead atoms. The molecule has 1 aromatic heterocycles. The van der Waals surface area contributed by atoms with E-state index >= 15 is 0 Å². The van der Waals surface area contributed by atoms with Crippen molar-refractivity contribution in [2.75, 3.05) is 5.32 Å². The van der Waals surface area contributed by atoms with Crippen LogP contribution in [0.15, 0.2) is 65.1 Å². The molecule has 4 aromatic rings. The van der Waals surface area contributed by atoms with E-state index in [4.69, 9.17) is 51.4 Å². The number of nitrogens with one attached hydrogen (secondary N) is 2. The normalized spacial score (nSPS) is 10.8. The minimum absolute atomic E-state index is 0.132. The third-order valence-corrected chi connectivity index (χ3v) is 5.43.